The van der Waals surface area contributed by atoms with Crippen LogP contribution in [0.2, 0.25) is 0 Å². The number of nitrogens with one attached hydrogen (secondary N) is 1. The van der Waals surface area contributed by atoms with Crippen molar-refractivity contribution >= 4 is 11.9 Å². The summed E-state index contributed by atoms with van der Waals surface area (Å²) in [5.41, 5.74) is 1.75. The molecule has 0 unspecified atom stereocenters. The Morgan fingerprint density at radius 3 is 2.59 bits per heavy atom. The van der Waals surface area contributed by atoms with Crippen LogP contribution in [0.3, 0.4) is 0 Å². The number of benzene rings is 2. The van der Waals surface area contributed by atoms with Gasteiger partial charge in [0.05, 0.1) is 20.8 Å². The number of ether oxygens (including phenoxy) is 3. The summed E-state index contributed by atoms with van der Waals surface area (Å²) in [4.78, 5) is 19.3. The van der Waals surface area contributed by atoms with Crippen molar-refractivity contribution in [3.05, 3.63) is 48.0 Å². The number of hydrogen-bond acceptors (Lipinski definition) is 8. The lowest BCUT2D eigenvalue weighted by molar-refractivity contribution is -0.125. The molecular weight excluding hydrogens is 436 g/mol. The molecule has 0 radical (unpaired) electrons. The molecule has 0 saturated carbocycles. The number of rotatable bonds is 9. The van der Waals surface area contributed by atoms with Gasteiger partial charge in [0.1, 0.15) is 5.75 Å². The fourth-order valence-corrected chi connectivity index (χ4v) is 4.04. The predicted octanol–water partition coefficient (Wildman–Crippen LogP) is 3.69. The number of amides is 1. The standard InChI is InChI=1S/C25H30N4O5/c1-4-33-20-8-6-5-7-19(20)16-26-24(30)17-11-13-29(14-12-17)25-27-23(28-34-25)18-9-10-21(31-2)22(15-18)32-3/h5-10,15,17H,4,11-14,16H2,1-3H3,(H,26,30). The van der Waals surface area contributed by atoms with Crippen molar-refractivity contribution in [3.63, 3.8) is 0 Å². The van der Waals surface area contributed by atoms with Gasteiger partial charge in [0.15, 0.2) is 11.5 Å². The van der Waals surface area contributed by atoms with Gasteiger partial charge in [-0.2, -0.15) is 4.98 Å². The van der Waals surface area contributed by atoms with E-state index in [1.165, 1.54) is 0 Å². The Hall–Kier alpha value is -3.75. The molecule has 0 aliphatic carbocycles. The van der Waals surface area contributed by atoms with Gasteiger partial charge in [0.2, 0.25) is 11.7 Å². The van der Waals surface area contributed by atoms with Gasteiger partial charge in [0, 0.05) is 36.7 Å². The molecule has 1 saturated heterocycles. The minimum Gasteiger partial charge on any atom is -0.494 e. The smallest absolute Gasteiger partial charge is 0.324 e. The number of anilines is 1. The van der Waals surface area contributed by atoms with Crippen LogP contribution in [-0.4, -0.2) is 50.0 Å². The third-order valence-electron chi connectivity index (χ3n) is 5.92. The van der Waals surface area contributed by atoms with E-state index in [-0.39, 0.29) is 11.8 Å². The molecule has 0 spiro atoms. The molecule has 1 N–H and O–H groups in total. The summed E-state index contributed by atoms with van der Waals surface area (Å²) >= 11 is 0. The van der Waals surface area contributed by atoms with Crippen LogP contribution < -0.4 is 24.4 Å². The number of methoxy groups -OCH3 is 2. The Kier molecular flexibility index (Phi) is 7.51. The maximum atomic E-state index is 12.7. The first-order valence-corrected chi connectivity index (χ1v) is 11.4. The van der Waals surface area contributed by atoms with Crippen LogP contribution >= 0.6 is 0 Å². The summed E-state index contributed by atoms with van der Waals surface area (Å²) in [5, 5.41) is 7.17. The second-order valence-corrected chi connectivity index (χ2v) is 7.99. The Labute approximate surface area is 199 Å². The van der Waals surface area contributed by atoms with Crippen molar-refractivity contribution in [1.82, 2.24) is 15.5 Å². The summed E-state index contributed by atoms with van der Waals surface area (Å²) < 4.78 is 21.8. The molecule has 9 nitrogen and oxygen atoms in total. The van der Waals surface area contributed by atoms with Crippen LogP contribution in [-0.2, 0) is 11.3 Å². The fourth-order valence-electron chi connectivity index (χ4n) is 4.04. The van der Waals surface area contributed by atoms with Crippen LogP contribution in [0.5, 0.6) is 17.2 Å². The van der Waals surface area contributed by atoms with Crippen molar-refractivity contribution in [1.29, 1.82) is 0 Å². The average Bonchev–Trinajstić information content (AvgIpc) is 3.38. The first kappa shape index (κ1) is 23.4. The van der Waals surface area contributed by atoms with E-state index in [0.29, 0.717) is 62.4 Å². The summed E-state index contributed by atoms with van der Waals surface area (Å²) in [7, 11) is 3.18. The molecule has 0 bridgehead atoms. The third kappa shape index (κ3) is 5.24. The molecule has 1 aliphatic heterocycles. The van der Waals surface area contributed by atoms with E-state index in [1.54, 1.807) is 20.3 Å². The van der Waals surface area contributed by atoms with Crippen molar-refractivity contribution < 1.29 is 23.5 Å². The van der Waals surface area contributed by atoms with Crippen molar-refractivity contribution in [2.45, 2.75) is 26.3 Å². The number of carbonyl (C=O) groups excluding carboxylic acids is 1. The fraction of sp³-hybridized carbons (Fsp3) is 0.400. The monoisotopic (exact) mass is 466 g/mol. The molecule has 1 fully saturated rings. The SMILES string of the molecule is CCOc1ccccc1CNC(=O)C1CCN(c2nc(-c3ccc(OC)c(OC)c3)no2)CC1. The number of aromatic nitrogens is 2. The molecule has 1 aliphatic rings. The van der Waals surface area contributed by atoms with E-state index in [0.717, 1.165) is 16.9 Å². The summed E-state index contributed by atoms with van der Waals surface area (Å²) in [5.74, 6) is 2.52. The van der Waals surface area contributed by atoms with Crippen LogP contribution in [0.4, 0.5) is 6.01 Å². The first-order valence-electron chi connectivity index (χ1n) is 11.4. The number of nitrogens with zero attached hydrogens (tertiary/aromatic N) is 3. The van der Waals surface area contributed by atoms with Gasteiger partial charge in [-0.3, -0.25) is 4.79 Å². The Bertz CT molecular complexity index is 1110. The number of para-hydroxylation sites is 1. The Morgan fingerprint density at radius 2 is 1.85 bits per heavy atom. The van der Waals surface area contributed by atoms with E-state index >= 15 is 0 Å². The zero-order chi connectivity index (χ0) is 23.9. The van der Waals surface area contributed by atoms with Gasteiger partial charge in [-0.25, -0.2) is 0 Å². The molecular formula is C25H30N4O5. The molecule has 0 atom stereocenters. The maximum absolute atomic E-state index is 12.7. The molecule has 9 heteroatoms. The third-order valence-corrected chi connectivity index (χ3v) is 5.92. The van der Waals surface area contributed by atoms with Crippen molar-refractivity contribution in [3.8, 4) is 28.6 Å². The van der Waals surface area contributed by atoms with Crippen molar-refractivity contribution in [2.24, 2.45) is 5.92 Å². The zero-order valence-electron chi connectivity index (χ0n) is 19.7. The molecule has 34 heavy (non-hydrogen) atoms. The predicted molar refractivity (Wildman–Crippen MR) is 127 cm³/mol. The van der Waals surface area contributed by atoms with E-state index in [1.807, 2.05) is 48.2 Å². The van der Waals surface area contributed by atoms with E-state index in [4.69, 9.17) is 18.7 Å². The quantitative estimate of drug-likeness (QED) is 0.510. The molecule has 1 aromatic heterocycles. The largest absolute Gasteiger partial charge is 0.494 e. The van der Waals surface area contributed by atoms with Gasteiger partial charge in [-0.05, 0) is 44.0 Å². The molecule has 2 heterocycles. The van der Waals surface area contributed by atoms with Crippen LogP contribution in [0, 0.1) is 5.92 Å². The molecule has 1 amide bonds. The summed E-state index contributed by atoms with van der Waals surface area (Å²) in [6.45, 7) is 4.33. The molecule has 4 rings (SSSR count). The molecule has 180 valence electrons. The highest BCUT2D eigenvalue weighted by Gasteiger charge is 2.27. The summed E-state index contributed by atoms with van der Waals surface area (Å²) in [6, 6.07) is 13.7. The topological polar surface area (TPSA) is 99.0 Å². The second-order valence-electron chi connectivity index (χ2n) is 7.99. The second kappa shape index (κ2) is 10.9. The summed E-state index contributed by atoms with van der Waals surface area (Å²) in [6.07, 6.45) is 1.43. The van der Waals surface area contributed by atoms with Crippen molar-refractivity contribution in [2.75, 3.05) is 38.8 Å². The van der Waals surface area contributed by atoms with Gasteiger partial charge in [-0.15, -0.1) is 0 Å². The Balaban J connectivity index is 1.32. The van der Waals surface area contributed by atoms with Crippen LogP contribution in [0.15, 0.2) is 47.0 Å². The minimum atomic E-state index is -0.0521. The lowest BCUT2D eigenvalue weighted by Gasteiger charge is -2.29. The minimum absolute atomic E-state index is 0.0521. The van der Waals surface area contributed by atoms with E-state index in [2.05, 4.69) is 15.5 Å². The number of piperidine rings is 1. The van der Waals surface area contributed by atoms with E-state index in [9.17, 15) is 4.79 Å². The van der Waals surface area contributed by atoms with Gasteiger partial charge >= 0.3 is 6.01 Å². The van der Waals surface area contributed by atoms with E-state index < -0.39 is 0 Å². The lowest BCUT2D eigenvalue weighted by Crippen LogP contribution is -2.40. The highest BCUT2D eigenvalue weighted by molar-refractivity contribution is 5.79. The maximum Gasteiger partial charge on any atom is 0.324 e. The Morgan fingerprint density at radius 1 is 1.09 bits per heavy atom. The molecule has 2 aromatic carbocycles. The number of hydrogen-bond donors (Lipinski definition) is 1. The first-order chi connectivity index (χ1) is 16.6. The normalized spacial score (nSPS) is 14.0. The highest BCUT2D eigenvalue weighted by Crippen LogP contribution is 2.32. The van der Waals surface area contributed by atoms with Gasteiger partial charge in [-0.1, -0.05) is 23.4 Å². The highest BCUT2D eigenvalue weighted by atomic mass is 16.5. The number of carbonyl (C=O) groups is 1. The van der Waals surface area contributed by atoms with Crippen LogP contribution in [0.1, 0.15) is 25.3 Å². The van der Waals surface area contributed by atoms with Gasteiger partial charge in [0.25, 0.3) is 0 Å². The zero-order valence-corrected chi connectivity index (χ0v) is 19.7. The lowest BCUT2D eigenvalue weighted by atomic mass is 9.96. The van der Waals surface area contributed by atoms with Gasteiger partial charge < -0.3 is 29.0 Å². The molecule has 3 aromatic rings. The van der Waals surface area contributed by atoms with Crippen LogP contribution in [0.25, 0.3) is 11.4 Å². The average molecular weight is 467 g/mol.